The van der Waals surface area contributed by atoms with Crippen LogP contribution in [0.4, 0.5) is 0 Å². The van der Waals surface area contributed by atoms with E-state index in [1.165, 1.54) is 4.88 Å². The summed E-state index contributed by atoms with van der Waals surface area (Å²) in [5.74, 6) is 0.0275. The standard InChI is InChI=1S/C16H21N5O2S/c1-12-15(24-11-18-12)9-19-7-13-6-17-10-20(13)14(8-19)16(22)21-4-2-3-5-23-21/h6,10-11,14H,2-5,7-9H2,1H3/t14-/m1/s1. The van der Waals surface area contributed by atoms with Crippen molar-refractivity contribution in [2.24, 2.45) is 0 Å². The summed E-state index contributed by atoms with van der Waals surface area (Å²) in [4.78, 5) is 30.6. The number of carbonyl (C=O) groups is 1. The highest BCUT2D eigenvalue weighted by Gasteiger charge is 2.34. The minimum Gasteiger partial charge on any atom is -0.319 e. The largest absolute Gasteiger partial charge is 0.319 e. The van der Waals surface area contributed by atoms with Crippen LogP contribution >= 0.6 is 11.3 Å². The van der Waals surface area contributed by atoms with Gasteiger partial charge in [0.25, 0.3) is 5.91 Å². The number of fused-ring (bicyclic) bond motifs is 1. The van der Waals surface area contributed by atoms with Crippen LogP contribution in [0.5, 0.6) is 0 Å². The molecular weight excluding hydrogens is 326 g/mol. The van der Waals surface area contributed by atoms with Crippen LogP contribution in [0.15, 0.2) is 18.0 Å². The molecule has 128 valence electrons. The number of hydrogen-bond acceptors (Lipinski definition) is 6. The fraction of sp³-hybridized carbons (Fsp3) is 0.562. The summed E-state index contributed by atoms with van der Waals surface area (Å²) in [7, 11) is 0. The molecule has 0 unspecified atom stereocenters. The van der Waals surface area contributed by atoms with Gasteiger partial charge in [-0.2, -0.15) is 0 Å². The molecule has 7 nitrogen and oxygen atoms in total. The van der Waals surface area contributed by atoms with Crippen LogP contribution in [0.25, 0.3) is 0 Å². The van der Waals surface area contributed by atoms with Crippen LogP contribution in [0.1, 0.15) is 35.1 Å². The Labute approximate surface area is 144 Å². The SMILES string of the molecule is Cc1ncsc1CN1Cc2cncn2[C@@H](C(=O)N2CCCCO2)C1. The number of thiazole rings is 1. The zero-order valence-corrected chi connectivity index (χ0v) is 14.5. The van der Waals surface area contributed by atoms with E-state index in [4.69, 9.17) is 4.84 Å². The van der Waals surface area contributed by atoms with Crippen LogP contribution in [0.2, 0.25) is 0 Å². The lowest BCUT2D eigenvalue weighted by Gasteiger charge is -2.36. The van der Waals surface area contributed by atoms with E-state index in [2.05, 4.69) is 14.9 Å². The Kier molecular flexibility index (Phi) is 4.34. The molecule has 1 atom stereocenters. The maximum atomic E-state index is 12.9. The van der Waals surface area contributed by atoms with Gasteiger partial charge in [0.2, 0.25) is 0 Å². The van der Waals surface area contributed by atoms with E-state index >= 15 is 0 Å². The highest BCUT2D eigenvalue weighted by Crippen LogP contribution is 2.26. The maximum Gasteiger partial charge on any atom is 0.270 e. The fourth-order valence-electron chi connectivity index (χ4n) is 3.30. The predicted octanol–water partition coefficient (Wildman–Crippen LogP) is 1.76. The molecule has 1 saturated heterocycles. The van der Waals surface area contributed by atoms with E-state index in [0.29, 0.717) is 19.7 Å². The maximum absolute atomic E-state index is 12.9. The Morgan fingerprint density at radius 2 is 2.38 bits per heavy atom. The van der Waals surface area contributed by atoms with Crippen molar-refractivity contribution >= 4 is 17.2 Å². The smallest absolute Gasteiger partial charge is 0.270 e. The molecule has 1 amide bonds. The van der Waals surface area contributed by atoms with Crippen molar-refractivity contribution in [3.05, 3.63) is 34.3 Å². The van der Waals surface area contributed by atoms with Crippen molar-refractivity contribution in [1.82, 2.24) is 24.5 Å². The van der Waals surface area contributed by atoms with Gasteiger partial charge in [-0.15, -0.1) is 11.3 Å². The minimum atomic E-state index is -0.275. The van der Waals surface area contributed by atoms with Gasteiger partial charge in [-0.05, 0) is 19.8 Å². The average molecular weight is 347 g/mol. The van der Waals surface area contributed by atoms with E-state index in [0.717, 1.165) is 37.3 Å². The lowest BCUT2D eigenvalue weighted by atomic mass is 10.1. The molecule has 0 N–H and O–H groups in total. The lowest BCUT2D eigenvalue weighted by molar-refractivity contribution is -0.201. The third-order valence-electron chi connectivity index (χ3n) is 4.64. The van der Waals surface area contributed by atoms with Gasteiger partial charge in [-0.3, -0.25) is 14.5 Å². The molecule has 0 bridgehead atoms. The van der Waals surface area contributed by atoms with Gasteiger partial charge in [-0.25, -0.2) is 15.0 Å². The van der Waals surface area contributed by atoms with Gasteiger partial charge in [-0.1, -0.05) is 0 Å². The Hall–Kier alpha value is -1.77. The number of rotatable bonds is 3. The third-order valence-corrected chi connectivity index (χ3v) is 5.56. The first-order valence-electron chi connectivity index (χ1n) is 8.28. The molecule has 0 saturated carbocycles. The molecule has 24 heavy (non-hydrogen) atoms. The lowest BCUT2D eigenvalue weighted by Crippen LogP contribution is -2.47. The molecule has 2 aliphatic rings. The van der Waals surface area contributed by atoms with Crippen molar-refractivity contribution < 1.29 is 9.63 Å². The Morgan fingerprint density at radius 1 is 1.46 bits per heavy atom. The van der Waals surface area contributed by atoms with Gasteiger partial charge in [0.05, 0.1) is 29.8 Å². The number of nitrogens with zero attached hydrogens (tertiary/aromatic N) is 5. The molecular formula is C16H21N5O2S. The van der Waals surface area contributed by atoms with Crippen molar-refractivity contribution in [2.45, 2.75) is 38.9 Å². The molecule has 2 aromatic rings. The van der Waals surface area contributed by atoms with Crippen LogP contribution in [0.3, 0.4) is 0 Å². The number of hydroxylamine groups is 2. The summed E-state index contributed by atoms with van der Waals surface area (Å²) in [5, 5.41) is 1.54. The first kappa shape index (κ1) is 15.7. The first-order chi connectivity index (χ1) is 11.7. The van der Waals surface area contributed by atoms with E-state index in [-0.39, 0.29) is 11.9 Å². The molecule has 2 aliphatic heterocycles. The van der Waals surface area contributed by atoms with Crippen LogP contribution in [-0.4, -0.2) is 50.1 Å². The van der Waals surface area contributed by atoms with Crippen LogP contribution in [0, 0.1) is 6.92 Å². The number of aryl methyl sites for hydroxylation is 1. The molecule has 0 aliphatic carbocycles. The van der Waals surface area contributed by atoms with Crippen molar-refractivity contribution in [3.8, 4) is 0 Å². The summed E-state index contributed by atoms with van der Waals surface area (Å²) >= 11 is 1.67. The van der Waals surface area contributed by atoms with E-state index in [1.54, 1.807) is 22.7 Å². The van der Waals surface area contributed by atoms with Gasteiger partial charge >= 0.3 is 0 Å². The number of imidazole rings is 1. The summed E-state index contributed by atoms with van der Waals surface area (Å²) in [5.41, 5.74) is 4.02. The number of carbonyl (C=O) groups excluding carboxylic acids is 1. The predicted molar refractivity (Wildman–Crippen MR) is 89.1 cm³/mol. The Balaban J connectivity index is 1.54. The normalized spacial score (nSPS) is 21.7. The zero-order valence-electron chi connectivity index (χ0n) is 13.7. The topological polar surface area (TPSA) is 63.5 Å². The van der Waals surface area contributed by atoms with Gasteiger partial charge in [0.15, 0.2) is 0 Å². The second-order valence-electron chi connectivity index (χ2n) is 6.32. The Bertz CT molecular complexity index is 722. The summed E-state index contributed by atoms with van der Waals surface area (Å²) in [6, 6.07) is -0.275. The minimum absolute atomic E-state index is 0.0275. The summed E-state index contributed by atoms with van der Waals surface area (Å²) in [6.07, 6.45) is 5.63. The van der Waals surface area contributed by atoms with Gasteiger partial charge in [0, 0.05) is 37.3 Å². The molecule has 2 aromatic heterocycles. The summed E-state index contributed by atoms with van der Waals surface area (Å²) < 4.78 is 2.00. The quantitative estimate of drug-likeness (QED) is 0.847. The number of aromatic nitrogens is 3. The molecule has 8 heteroatoms. The highest BCUT2D eigenvalue weighted by molar-refractivity contribution is 7.09. The van der Waals surface area contributed by atoms with Crippen LogP contribution < -0.4 is 0 Å². The molecule has 1 fully saturated rings. The van der Waals surface area contributed by atoms with Crippen molar-refractivity contribution in [1.29, 1.82) is 0 Å². The number of amides is 1. The molecule has 0 aromatic carbocycles. The van der Waals surface area contributed by atoms with Gasteiger partial charge < -0.3 is 4.57 Å². The van der Waals surface area contributed by atoms with Crippen molar-refractivity contribution in [2.75, 3.05) is 19.7 Å². The second kappa shape index (κ2) is 6.62. The number of hydrogen-bond donors (Lipinski definition) is 0. The molecule has 0 spiro atoms. The molecule has 4 rings (SSSR count). The average Bonchev–Trinajstić information content (AvgIpc) is 3.24. The second-order valence-corrected chi connectivity index (χ2v) is 7.26. The van der Waals surface area contributed by atoms with Crippen LogP contribution in [-0.2, 0) is 22.7 Å². The monoisotopic (exact) mass is 347 g/mol. The van der Waals surface area contributed by atoms with Crippen molar-refractivity contribution in [3.63, 3.8) is 0 Å². The molecule has 0 radical (unpaired) electrons. The first-order valence-corrected chi connectivity index (χ1v) is 9.16. The molecule has 4 heterocycles. The highest BCUT2D eigenvalue weighted by atomic mass is 32.1. The van der Waals surface area contributed by atoms with Gasteiger partial charge in [0.1, 0.15) is 6.04 Å². The van der Waals surface area contributed by atoms with E-state index < -0.39 is 0 Å². The van der Waals surface area contributed by atoms with E-state index in [9.17, 15) is 4.79 Å². The third kappa shape index (κ3) is 2.97. The summed E-state index contributed by atoms with van der Waals surface area (Å²) in [6.45, 7) is 5.60. The van der Waals surface area contributed by atoms with E-state index in [1.807, 2.05) is 23.2 Å². The Morgan fingerprint density at radius 3 is 3.12 bits per heavy atom. The fourth-order valence-corrected chi connectivity index (χ4v) is 4.12. The zero-order chi connectivity index (χ0) is 16.5.